The Morgan fingerprint density at radius 3 is 3.04 bits per heavy atom. The summed E-state index contributed by atoms with van der Waals surface area (Å²) in [5.41, 5.74) is 1.96. The van der Waals surface area contributed by atoms with Crippen LogP contribution in [0.1, 0.15) is 49.0 Å². The molecular weight excluding hydrogens is 308 g/mol. The molecule has 4 rings (SSSR count). The monoisotopic (exact) mass is 328 g/mol. The molecule has 1 aliphatic heterocycles. The molecule has 126 valence electrons. The third-order valence-corrected chi connectivity index (χ3v) is 4.42. The number of ether oxygens (including phenoxy) is 1. The Bertz CT molecular complexity index is 741. The standard InChI is InChI=1S/C17H20N4O3/c1-11(18-10-15-19-16(24-20-15)12-5-6-12)13-3-2-4-14(9-13)21-7-8-23-17(21)22/h2-4,9,11-12,18H,5-8,10H2,1H3/t11-/m0/s1. The van der Waals surface area contributed by atoms with Crippen molar-refractivity contribution in [2.75, 3.05) is 18.1 Å². The van der Waals surface area contributed by atoms with Crippen molar-refractivity contribution in [1.82, 2.24) is 15.5 Å². The van der Waals surface area contributed by atoms with Crippen LogP contribution in [0.2, 0.25) is 0 Å². The molecule has 1 saturated heterocycles. The topological polar surface area (TPSA) is 80.5 Å². The van der Waals surface area contributed by atoms with Crippen LogP contribution < -0.4 is 10.2 Å². The van der Waals surface area contributed by atoms with Gasteiger partial charge in [0.05, 0.1) is 13.1 Å². The molecule has 1 aliphatic carbocycles. The van der Waals surface area contributed by atoms with Crippen molar-refractivity contribution < 1.29 is 14.1 Å². The molecule has 1 amide bonds. The summed E-state index contributed by atoms with van der Waals surface area (Å²) in [5, 5.41) is 7.41. The van der Waals surface area contributed by atoms with Gasteiger partial charge >= 0.3 is 6.09 Å². The first-order chi connectivity index (χ1) is 11.7. The number of amides is 1. The van der Waals surface area contributed by atoms with Crippen molar-refractivity contribution in [2.45, 2.75) is 38.3 Å². The maximum Gasteiger partial charge on any atom is 0.414 e. The third-order valence-electron chi connectivity index (χ3n) is 4.42. The highest BCUT2D eigenvalue weighted by atomic mass is 16.6. The van der Waals surface area contributed by atoms with Crippen LogP contribution >= 0.6 is 0 Å². The lowest BCUT2D eigenvalue weighted by molar-refractivity contribution is 0.181. The largest absolute Gasteiger partial charge is 0.447 e. The van der Waals surface area contributed by atoms with E-state index in [1.807, 2.05) is 24.3 Å². The van der Waals surface area contributed by atoms with E-state index in [2.05, 4.69) is 22.4 Å². The summed E-state index contributed by atoms with van der Waals surface area (Å²) >= 11 is 0. The number of anilines is 1. The number of nitrogens with zero attached hydrogens (tertiary/aromatic N) is 3. The molecule has 2 heterocycles. The summed E-state index contributed by atoms with van der Waals surface area (Å²) in [6.45, 7) is 3.66. The van der Waals surface area contributed by atoms with Crippen molar-refractivity contribution in [3.63, 3.8) is 0 Å². The molecule has 1 saturated carbocycles. The van der Waals surface area contributed by atoms with E-state index in [9.17, 15) is 4.79 Å². The number of aromatic nitrogens is 2. The highest BCUT2D eigenvalue weighted by Gasteiger charge is 2.29. The van der Waals surface area contributed by atoms with Gasteiger partial charge in [-0.25, -0.2) is 4.79 Å². The van der Waals surface area contributed by atoms with Gasteiger partial charge < -0.3 is 14.6 Å². The maximum absolute atomic E-state index is 11.7. The lowest BCUT2D eigenvalue weighted by Crippen LogP contribution is -2.24. The molecule has 0 bridgehead atoms. The van der Waals surface area contributed by atoms with Crippen molar-refractivity contribution in [1.29, 1.82) is 0 Å². The van der Waals surface area contributed by atoms with Gasteiger partial charge in [0.15, 0.2) is 5.82 Å². The Labute approximate surface area is 140 Å². The molecule has 1 atom stereocenters. The first-order valence-corrected chi connectivity index (χ1v) is 8.31. The van der Waals surface area contributed by atoms with E-state index >= 15 is 0 Å². The van der Waals surface area contributed by atoms with Gasteiger partial charge in [-0.15, -0.1) is 0 Å². The minimum Gasteiger partial charge on any atom is -0.447 e. The predicted octanol–water partition coefficient (Wildman–Crippen LogP) is 2.75. The first kappa shape index (κ1) is 15.1. The highest BCUT2D eigenvalue weighted by molar-refractivity contribution is 5.89. The van der Waals surface area contributed by atoms with Gasteiger partial charge in [0, 0.05) is 17.6 Å². The minimum atomic E-state index is -0.285. The van der Waals surface area contributed by atoms with Crippen molar-refractivity contribution in [3.8, 4) is 0 Å². The van der Waals surface area contributed by atoms with Crippen LogP contribution in [-0.2, 0) is 11.3 Å². The molecule has 2 aliphatic rings. The second-order valence-electron chi connectivity index (χ2n) is 6.29. The lowest BCUT2D eigenvalue weighted by Gasteiger charge is -2.17. The molecule has 0 unspecified atom stereocenters. The number of nitrogens with one attached hydrogen (secondary N) is 1. The van der Waals surface area contributed by atoms with E-state index in [0.717, 1.165) is 30.0 Å². The van der Waals surface area contributed by atoms with Crippen LogP contribution in [0.25, 0.3) is 0 Å². The van der Waals surface area contributed by atoms with E-state index < -0.39 is 0 Å². The van der Waals surface area contributed by atoms with Gasteiger partial charge in [-0.3, -0.25) is 4.90 Å². The average Bonchev–Trinajstić information content (AvgIpc) is 3.19. The number of cyclic esters (lactones) is 1. The molecule has 0 radical (unpaired) electrons. The summed E-state index contributed by atoms with van der Waals surface area (Å²) in [5.74, 6) is 1.91. The van der Waals surface area contributed by atoms with Crippen molar-refractivity contribution in [3.05, 3.63) is 41.5 Å². The zero-order valence-corrected chi connectivity index (χ0v) is 13.6. The Balaban J connectivity index is 1.40. The second-order valence-corrected chi connectivity index (χ2v) is 6.29. The molecule has 1 N–H and O–H groups in total. The number of hydrogen-bond donors (Lipinski definition) is 1. The van der Waals surface area contributed by atoms with Crippen molar-refractivity contribution >= 4 is 11.8 Å². The van der Waals surface area contributed by atoms with E-state index in [4.69, 9.17) is 9.26 Å². The van der Waals surface area contributed by atoms with Gasteiger partial charge in [0.25, 0.3) is 0 Å². The number of hydrogen-bond acceptors (Lipinski definition) is 6. The fourth-order valence-electron chi connectivity index (χ4n) is 2.79. The van der Waals surface area contributed by atoms with Crippen LogP contribution in [0.5, 0.6) is 0 Å². The molecule has 0 spiro atoms. The molecule has 2 aromatic rings. The van der Waals surface area contributed by atoms with Gasteiger partial charge in [-0.1, -0.05) is 17.3 Å². The average molecular weight is 328 g/mol. The predicted molar refractivity (Wildman–Crippen MR) is 86.7 cm³/mol. The van der Waals surface area contributed by atoms with Crippen LogP contribution in [0.4, 0.5) is 10.5 Å². The Kier molecular flexibility index (Phi) is 3.93. The van der Waals surface area contributed by atoms with E-state index in [1.54, 1.807) is 4.90 Å². The first-order valence-electron chi connectivity index (χ1n) is 8.31. The highest BCUT2D eigenvalue weighted by Crippen LogP contribution is 2.38. The number of carbonyl (C=O) groups excluding carboxylic acids is 1. The summed E-state index contributed by atoms with van der Waals surface area (Å²) in [6.07, 6.45) is 2.01. The Hall–Kier alpha value is -2.41. The van der Waals surface area contributed by atoms with Crippen LogP contribution in [0, 0.1) is 0 Å². The van der Waals surface area contributed by atoms with E-state index in [-0.39, 0.29) is 12.1 Å². The van der Waals surface area contributed by atoms with Gasteiger partial charge in [0.1, 0.15) is 6.61 Å². The quantitative estimate of drug-likeness (QED) is 0.878. The van der Waals surface area contributed by atoms with E-state index in [0.29, 0.717) is 31.4 Å². The van der Waals surface area contributed by atoms with Crippen LogP contribution in [0.3, 0.4) is 0 Å². The Morgan fingerprint density at radius 1 is 1.42 bits per heavy atom. The fraction of sp³-hybridized carbons (Fsp3) is 0.471. The zero-order chi connectivity index (χ0) is 16.5. The molecule has 2 fully saturated rings. The molecule has 1 aromatic heterocycles. The smallest absolute Gasteiger partial charge is 0.414 e. The fourth-order valence-corrected chi connectivity index (χ4v) is 2.79. The summed E-state index contributed by atoms with van der Waals surface area (Å²) in [6, 6.07) is 8.02. The maximum atomic E-state index is 11.7. The van der Waals surface area contributed by atoms with Crippen LogP contribution in [-0.4, -0.2) is 29.4 Å². The zero-order valence-electron chi connectivity index (χ0n) is 13.6. The summed E-state index contributed by atoms with van der Waals surface area (Å²) in [7, 11) is 0. The van der Waals surface area contributed by atoms with Crippen LogP contribution in [0.15, 0.2) is 28.8 Å². The summed E-state index contributed by atoms with van der Waals surface area (Å²) in [4.78, 5) is 17.8. The van der Waals surface area contributed by atoms with Gasteiger partial charge in [-0.05, 0) is 37.5 Å². The summed E-state index contributed by atoms with van der Waals surface area (Å²) < 4.78 is 10.3. The second kappa shape index (κ2) is 6.24. The minimum absolute atomic E-state index is 0.103. The van der Waals surface area contributed by atoms with Gasteiger partial charge in [-0.2, -0.15) is 4.98 Å². The molecule has 7 nitrogen and oxygen atoms in total. The number of carbonyl (C=O) groups is 1. The molecule has 1 aromatic carbocycles. The van der Waals surface area contributed by atoms with Crippen molar-refractivity contribution in [2.24, 2.45) is 0 Å². The number of rotatable bonds is 6. The van der Waals surface area contributed by atoms with E-state index in [1.165, 1.54) is 0 Å². The lowest BCUT2D eigenvalue weighted by atomic mass is 10.1. The SMILES string of the molecule is C[C@H](NCc1noc(C2CC2)n1)c1cccc(N2CCOC2=O)c1. The Morgan fingerprint density at radius 2 is 2.29 bits per heavy atom. The normalized spacial score (nSPS) is 18.7. The molecule has 24 heavy (non-hydrogen) atoms. The number of benzene rings is 1. The van der Waals surface area contributed by atoms with Gasteiger partial charge in [0.2, 0.25) is 5.89 Å². The molecular formula is C17H20N4O3. The third kappa shape index (κ3) is 3.12. The molecule has 7 heteroatoms.